The molecule has 2 aromatic rings. The summed E-state index contributed by atoms with van der Waals surface area (Å²) in [6, 6.07) is 10.5. The average Bonchev–Trinajstić information content (AvgIpc) is 2.54. The van der Waals surface area contributed by atoms with Gasteiger partial charge in [0.2, 0.25) is 0 Å². The largest absolute Gasteiger partial charge is 0.423 e. The fraction of sp³-hybridized carbons (Fsp3) is 0.176. The minimum atomic E-state index is -0.810. The molecular weight excluding hydrogens is 298 g/mol. The number of ether oxygens (including phenoxy) is 1. The van der Waals surface area contributed by atoms with Crippen LogP contribution in [0.1, 0.15) is 39.6 Å². The molecule has 0 saturated heterocycles. The van der Waals surface area contributed by atoms with E-state index in [0.29, 0.717) is 17.5 Å². The highest BCUT2D eigenvalue weighted by atomic mass is 16.6. The predicted octanol–water partition coefficient (Wildman–Crippen LogP) is 3.72. The number of benzene rings is 2. The standard InChI is InChI=1S/C17H15NO5/c1-3-15(19)12-7-9-13(10-8-12)23-17(20)14-6-4-5-11(2)16(14)18(21)22/h4-10H,3H2,1-2H3. The van der Waals surface area contributed by atoms with Gasteiger partial charge >= 0.3 is 5.97 Å². The fourth-order valence-electron chi connectivity index (χ4n) is 2.14. The van der Waals surface area contributed by atoms with Gasteiger partial charge in [0, 0.05) is 17.5 Å². The molecule has 0 spiro atoms. The van der Waals surface area contributed by atoms with E-state index in [-0.39, 0.29) is 22.8 Å². The molecule has 0 radical (unpaired) electrons. The first-order valence-electron chi connectivity index (χ1n) is 7.03. The number of carbonyl (C=O) groups is 2. The highest BCUT2D eigenvalue weighted by Crippen LogP contribution is 2.25. The molecular formula is C17H15NO5. The van der Waals surface area contributed by atoms with Crippen molar-refractivity contribution in [3.63, 3.8) is 0 Å². The van der Waals surface area contributed by atoms with Gasteiger partial charge < -0.3 is 4.74 Å². The quantitative estimate of drug-likeness (QED) is 0.276. The Balaban J connectivity index is 2.25. The molecule has 118 valence electrons. The number of para-hydroxylation sites is 1. The Morgan fingerprint density at radius 2 is 1.78 bits per heavy atom. The minimum absolute atomic E-state index is 0.0165. The summed E-state index contributed by atoms with van der Waals surface area (Å²) in [4.78, 5) is 34.2. The summed E-state index contributed by atoms with van der Waals surface area (Å²) in [5.74, 6) is -0.606. The summed E-state index contributed by atoms with van der Waals surface area (Å²) in [6.07, 6.45) is 0.384. The van der Waals surface area contributed by atoms with Crippen molar-refractivity contribution in [3.8, 4) is 5.75 Å². The first-order valence-corrected chi connectivity index (χ1v) is 7.03. The number of rotatable bonds is 5. The molecule has 0 aliphatic rings. The van der Waals surface area contributed by atoms with Crippen LogP contribution >= 0.6 is 0 Å². The summed E-state index contributed by atoms with van der Waals surface area (Å²) in [5.41, 5.74) is 0.529. The highest BCUT2D eigenvalue weighted by molar-refractivity contribution is 5.97. The highest BCUT2D eigenvalue weighted by Gasteiger charge is 2.24. The Morgan fingerprint density at radius 3 is 2.35 bits per heavy atom. The van der Waals surface area contributed by atoms with Crippen LogP contribution in [0.4, 0.5) is 5.69 Å². The number of nitro groups is 1. The van der Waals surface area contributed by atoms with Gasteiger partial charge in [-0.1, -0.05) is 19.1 Å². The smallest absolute Gasteiger partial charge is 0.350 e. The molecule has 0 bridgehead atoms. The van der Waals surface area contributed by atoms with Gasteiger partial charge in [-0.2, -0.15) is 0 Å². The number of hydrogen-bond donors (Lipinski definition) is 0. The zero-order valence-corrected chi connectivity index (χ0v) is 12.7. The first kappa shape index (κ1) is 16.4. The van der Waals surface area contributed by atoms with E-state index in [1.165, 1.54) is 18.2 Å². The van der Waals surface area contributed by atoms with Crippen molar-refractivity contribution >= 4 is 17.4 Å². The molecule has 0 fully saturated rings. The topological polar surface area (TPSA) is 86.5 Å². The number of ketones is 1. The summed E-state index contributed by atoms with van der Waals surface area (Å²) >= 11 is 0. The van der Waals surface area contributed by atoms with Crippen LogP contribution in [0.2, 0.25) is 0 Å². The van der Waals surface area contributed by atoms with Crippen LogP contribution in [0.15, 0.2) is 42.5 Å². The molecule has 0 aliphatic carbocycles. The lowest BCUT2D eigenvalue weighted by molar-refractivity contribution is -0.385. The van der Waals surface area contributed by atoms with Gasteiger partial charge in [-0.25, -0.2) is 4.79 Å². The van der Waals surface area contributed by atoms with Gasteiger partial charge in [0.25, 0.3) is 5.69 Å². The van der Waals surface area contributed by atoms with E-state index in [9.17, 15) is 19.7 Å². The zero-order valence-electron chi connectivity index (χ0n) is 12.7. The van der Waals surface area contributed by atoms with Crippen molar-refractivity contribution < 1.29 is 19.2 Å². The van der Waals surface area contributed by atoms with Gasteiger partial charge in [-0.05, 0) is 37.3 Å². The van der Waals surface area contributed by atoms with E-state index < -0.39 is 10.9 Å². The Kier molecular flexibility index (Phi) is 4.85. The lowest BCUT2D eigenvalue weighted by Gasteiger charge is -2.07. The average molecular weight is 313 g/mol. The Bertz CT molecular complexity index is 765. The monoisotopic (exact) mass is 313 g/mol. The number of nitro benzene ring substituents is 1. The van der Waals surface area contributed by atoms with Crippen molar-refractivity contribution in [1.29, 1.82) is 0 Å². The van der Waals surface area contributed by atoms with Crippen molar-refractivity contribution in [2.24, 2.45) is 0 Å². The molecule has 6 nitrogen and oxygen atoms in total. The van der Waals surface area contributed by atoms with Crippen LogP contribution in [0, 0.1) is 17.0 Å². The van der Waals surface area contributed by atoms with Crippen LogP contribution in [-0.2, 0) is 0 Å². The summed E-state index contributed by atoms with van der Waals surface area (Å²) in [5, 5.41) is 11.1. The van der Waals surface area contributed by atoms with Gasteiger partial charge in [0.05, 0.1) is 4.92 Å². The molecule has 2 rings (SSSR count). The van der Waals surface area contributed by atoms with E-state index in [0.717, 1.165) is 0 Å². The maximum absolute atomic E-state index is 12.2. The van der Waals surface area contributed by atoms with Crippen LogP contribution < -0.4 is 4.74 Å². The Labute approximate surface area is 132 Å². The van der Waals surface area contributed by atoms with Crippen LogP contribution in [0.3, 0.4) is 0 Å². The maximum atomic E-state index is 12.2. The second kappa shape index (κ2) is 6.83. The van der Waals surface area contributed by atoms with Gasteiger partial charge in [0.1, 0.15) is 11.3 Å². The van der Waals surface area contributed by atoms with Crippen molar-refractivity contribution in [2.75, 3.05) is 0 Å². The molecule has 6 heteroatoms. The molecule has 0 heterocycles. The molecule has 23 heavy (non-hydrogen) atoms. The van der Waals surface area contributed by atoms with Crippen LogP contribution in [0.25, 0.3) is 0 Å². The molecule has 0 amide bonds. The zero-order chi connectivity index (χ0) is 17.0. The second-order valence-corrected chi connectivity index (χ2v) is 4.92. The number of carbonyl (C=O) groups excluding carboxylic acids is 2. The molecule has 0 aromatic heterocycles. The van der Waals surface area contributed by atoms with E-state index in [2.05, 4.69) is 0 Å². The number of aryl methyl sites for hydroxylation is 1. The number of hydrogen-bond acceptors (Lipinski definition) is 5. The third-order valence-corrected chi connectivity index (χ3v) is 3.35. The normalized spacial score (nSPS) is 10.2. The van der Waals surface area contributed by atoms with Crippen LogP contribution in [0.5, 0.6) is 5.75 Å². The van der Waals surface area contributed by atoms with E-state index in [1.807, 2.05) is 0 Å². The molecule has 0 aliphatic heterocycles. The fourth-order valence-corrected chi connectivity index (χ4v) is 2.14. The Morgan fingerprint density at radius 1 is 1.13 bits per heavy atom. The van der Waals surface area contributed by atoms with Crippen LogP contribution in [-0.4, -0.2) is 16.7 Å². The number of Topliss-reactive ketones (excluding diaryl/α,β-unsaturated/α-hetero) is 1. The van der Waals surface area contributed by atoms with E-state index in [1.54, 1.807) is 38.1 Å². The SMILES string of the molecule is CCC(=O)c1ccc(OC(=O)c2cccc(C)c2[N+](=O)[O-])cc1. The molecule has 0 atom stereocenters. The van der Waals surface area contributed by atoms with Gasteiger partial charge in [-0.15, -0.1) is 0 Å². The first-order chi connectivity index (χ1) is 10.9. The molecule has 0 saturated carbocycles. The van der Waals surface area contributed by atoms with Crippen molar-refractivity contribution in [3.05, 3.63) is 69.3 Å². The maximum Gasteiger partial charge on any atom is 0.350 e. The lowest BCUT2D eigenvalue weighted by atomic mass is 10.1. The summed E-state index contributed by atoms with van der Waals surface area (Å²) in [6.45, 7) is 3.31. The minimum Gasteiger partial charge on any atom is -0.423 e. The molecule has 0 N–H and O–H groups in total. The third kappa shape index (κ3) is 3.60. The Hall–Kier alpha value is -3.02. The second-order valence-electron chi connectivity index (χ2n) is 4.92. The molecule has 0 unspecified atom stereocenters. The predicted molar refractivity (Wildman–Crippen MR) is 83.9 cm³/mol. The number of nitrogens with zero attached hydrogens (tertiary/aromatic N) is 1. The lowest BCUT2D eigenvalue weighted by Crippen LogP contribution is -2.12. The summed E-state index contributed by atoms with van der Waals surface area (Å²) < 4.78 is 5.16. The van der Waals surface area contributed by atoms with E-state index >= 15 is 0 Å². The third-order valence-electron chi connectivity index (χ3n) is 3.35. The van der Waals surface area contributed by atoms with E-state index in [4.69, 9.17) is 4.74 Å². The molecule has 2 aromatic carbocycles. The van der Waals surface area contributed by atoms with Gasteiger partial charge in [0.15, 0.2) is 5.78 Å². The van der Waals surface area contributed by atoms with Crippen molar-refractivity contribution in [2.45, 2.75) is 20.3 Å². The van der Waals surface area contributed by atoms with Crippen molar-refractivity contribution in [1.82, 2.24) is 0 Å². The number of esters is 1. The summed E-state index contributed by atoms with van der Waals surface area (Å²) in [7, 11) is 0. The van der Waals surface area contributed by atoms with Gasteiger partial charge in [-0.3, -0.25) is 14.9 Å².